The monoisotopic (exact) mass is 338 g/mol. The SMILES string of the molecule is CNC(=O)c1ccc(C)c(C(=O)Nc2c(C)c(C)c(C)c(C)c2C)c1. The molecule has 4 nitrogen and oxygen atoms in total. The topological polar surface area (TPSA) is 58.2 Å². The zero-order chi connectivity index (χ0) is 18.9. The van der Waals surface area contributed by atoms with E-state index in [4.69, 9.17) is 0 Å². The summed E-state index contributed by atoms with van der Waals surface area (Å²) in [5.74, 6) is -0.402. The quantitative estimate of drug-likeness (QED) is 0.883. The Morgan fingerprint density at radius 1 is 0.760 bits per heavy atom. The second kappa shape index (κ2) is 7.09. The molecule has 0 aliphatic heterocycles. The largest absolute Gasteiger partial charge is 0.355 e. The Bertz CT molecular complexity index is 838. The molecule has 0 aliphatic rings. The van der Waals surface area contributed by atoms with Gasteiger partial charge in [0.05, 0.1) is 0 Å². The van der Waals surface area contributed by atoms with E-state index >= 15 is 0 Å². The van der Waals surface area contributed by atoms with Crippen LogP contribution in [0.25, 0.3) is 0 Å². The van der Waals surface area contributed by atoms with Crippen molar-refractivity contribution in [3.8, 4) is 0 Å². The molecule has 2 rings (SSSR count). The number of aryl methyl sites for hydroxylation is 1. The molecule has 0 bridgehead atoms. The van der Waals surface area contributed by atoms with Gasteiger partial charge in [-0.25, -0.2) is 0 Å². The van der Waals surface area contributed by atoms with Gasteiger partial charge in [-0.15, -0.1) is 0 Å². The number of amides is 2. The van der Waals surface area contributed by atoms with Gasteiger partial charge in [-0.1, -0.05) is 6.07 Å². The number of nitrogens with one attached hydrogen (secondary N) is 2. The van der Waals surface area contributed by atoms with Crippen LogP contribution in [0.2, 0.25) is 0 Å². The molecule has 0 aliphatic carbocycles. The molecular formula is C21H26N2O2. The Labute approximate surface area is 149 Å². The van der Waals surface area contributed by atoms with Gasteiger partial charge < -0.3 is 10.6 Å². The first-order valence-corrected chi connectivity index (χ1v) is 8.40. The van der Waals surface area contributed by atoms with Crippen molar-refractivity contribution in [2.45, 2.75) is 41.5 Å². The van der Waals surface area contributed by atoms with E-state index in [9.17, 15) is 9.59 Å². The Morgan fingerprint density at radius 3 is 1.80 bits per heavy atom. The average molecular weight is 338 g/mol. The average Bonchev–Trinajstić information content (AvgIpc) is 2.61. The van der Waals surface area contributed by atoms with Crippen LogP contribution in [0, 0.1) is 41.5 Å². The summed E-state index contributed by atoms with van der Waals surface area (Å²) in [5.41, 5.74) is 8.47. The van der Waals surface area contributed by atoms with Crippen LogP contribution in [0.5, 0.6) is 0 Å². The van der Waals surface area contributed by atoms with Crippen LogP contribution in [0.15, 0.2) is 18.2 Å². The molecule has 0 saturated heterocycles. The fraction of sp³-hybridized carbons (Fsp3) is 0.333. The molecule has 0 heterocycles. The molecule has 2 amide bonds. The van der Waals surface area contributed by atoms with Gasteiger partial charge in [-0.05, 0) is 87.1 Å². The Kier molecular flexibility index (Phi) is 5.31. The van der Waals surface area contributed by atoms with Gasteiger partial charge in [0.1, 0.15) is 0 Å². The summed E-state index contributed by atoms with van der Waals surface area (Å²) in [6.45, 7) is 12.2. The van der Waals surface area contributed by atoms with Gasteiger partial charge in [0.25, 0.3) is 11.8 Å². The molecule has 0 unspecified atom stereocenters. The lowest BCUT2D eigenvalue weighted by molar-refractivity contribution is 0.0963. The first kappa shape index (κ1) is 18.7. The van der Waals surface area contributed by atoms with Crippen molar-refractivity contribution in [3.63, 3.8) is 0 Å². The highest BCUT2D eigenvalue weighted by Crippen LogP contribution is 2.30. The van der Waals surface area contributed by atoms with Crippen molar-refractivity contribution in [2.24, 2.45) is 0 Å². The number of carbonyl (C=O) groups is 2. The fourth-order valence-electron chi connectivity index (χ4n) is 3.02. The van der Waals surface area contributed by atoms with Gasteiger partial charge in [-0.3, -0.25) is 9.59 Å². The molecule has 132 valence electrons. The summed E-state index contributed by atoms with van der Waals surface area (Å²) in [7, 11) is 1.58. The predicted molar refractivity (Wildman–Crippen MR) is 103 cm³/mol. The first-order chi connectivity index (χ1) is 11.7. The lowest BCUT2D eigenvalue weighted by Gasteiger charge is -2.19. The molecule has 25 heavy (non-hydrogen) atoms. The smallest absolute Gasteiger partial charge is 0.255 e. The van der Waals surface area contributed by atoms with E-state index in [-0.39, 0.29) is 11.8 Å². The van der Waals surface area contributed by atoms with Crippen molar-refractivity contribution in [2.75, 3.05) is 12.4 Å². The van der Waals surface area contributed by atoms with Crippen molar-refractivity contribution < 1.29 is 9.59 Å². The molecule has 0 spiro atoms. The maximum atomic E-state index is 12.9. The predicted octanol–water partition coefficient (Wildman–Crippen LogP) is 4.15. The molecule has 2 N–H and O–H groups in total. The van der Waals surface area contributed by atoms with Gasteiger partial charge in [0, 0.05) is 23.9 Å². The minimum atomic E-state index is -0.205. The van der Waals surface area contributed by atoms with Crippen molar-refractivity contribution >= 4 is 17.5 Å². The summed E-state index contributed by atoms with van der Waals surface area (Å²) in [6, 6.07) is 5.16. The maximum Gasteiger partial charge on any atom is 0.255 e. The zero-order valence-corrected chi connectivity index (χ0v) is 16.0. The molecule has 2 aromatic rings. The number of rotatable bonds is 3. The lowest BCUT2D eigenvalue weighted by Crippen LogP contribution is -2.20. The molecule has 0 fully saturated rings. The molecule has 0 radical (unpaired) electrons. The van der Waals surface area contributed by atoms with Gasteiger partial charge in [0.15, 0.2) is 0 Å². The number of hydrogen-bond acceptors (Lipinski definition) is 2. The first-order valence-electron chi connectivity index (χ1n) is 8.40. The van der Waals surface area contributed by atoms with Crippen LogP contribution >= 0.6 is 0 Å². The van der Waals surface area contributed by atoms with Crippen LogP contribution in [-0.2, 0) is 0 Å². The molecular weight excluding hydrogens is 312 g/mol. The third kappa shape index (κ3) is 3.43. The Morgan fingerprint density at radius 2 is 1.28 bits per heavy atom. The summed E-state index contributed by atoms with van der Waals surface area (Å²) in [6.07, 6.45) is 0. The van der Waals surface area contributed by atoms with Crippen LogP contribution in [0.1, 0.15) is 54.1 Å². The van der Waals surface area contributed by atoms with Gasteiger partial charge in [-0.2, -0.15) is 0 Å². The molecule has 0 aromatic heterocycles. The van der Waals surface area contributed by atoms with E-state index in [0.29, 0.717) is 11.1 Å². The Balaban J connectivity index is 2.47. The van der Waals surface area contributed by atoms with E-state index in [2.05, 4.69) is 31.4 Å². The summed E-state index contributed by atoms with van der Waals surface area (Å²) in [5, 5.41) is 5.64. The van der Waals surface area contributed by atoms with Crippen LogP contribution in [0.3, 0.4) is 0 Å². The van der Waals surface area contributed by atoms with E-state index < -0.39 is 0 Å². The highest BCUT2D eigenvalue weighted by atomic mass is 16.2. The zero-order valence-electron chi connectivity index (χ0n) is 16.0. The third-order valence-corrected chi connectivity index (χ3v) is 5.21. The molecule has 2 aromatic carbocycles. The summed E-state index contributed by atoms with van der Waals surface area (Å²) < 4.78 is 0. The van der Waals surface area contributed by atoms with E-state index in [1.54, 1.807) is 25.2 Å². The summed E-state index contributed by atoms with van der Waals surface area (Å²) in [4.78, 5) is 24.7. The van der Waals surface area contributed by atoms with Crippen LogP contribution in [-0.4, -0.2) is 18.9 Å². The lowest BCUT2D eigenvalue weighted by atomic mass is 9.92. The normalized spacial score (nSPS) is 10.5. The standard InChI is InChI=1S/C21H26N2O2/c1-11-8-9-17(20(24)22-7)10-18(11)21(25)23-19-15(5)13(3)12(2)14(4)16(19)6/h8-10H,1-7H3,(H,22,24)(H,23,25). The van der Waals surface area contributed by atoms with Gasteiger partial charge in [0.2, 0.25) is 0 Å². The maximum absolute atomic E-state index is 12.9. The molecule has 0 atom stereocenters. The van der Waals surface area contributed by atoms with Gasteiger partial charge >= 0.3 is 0 Å². The van der Waals surface area contributed by atoms with E-state index in [1.165, 1.54) is 16.7 Å². The fourth-order valence-corrected chi connectivity index (χ4v) is 3.02. The highest BCUT2D eigenvalue weighted by molar-refractivity contribution is 6.08. The highest BCUT2D eigenvalue weighted by Gasteiger charge is 2.17. The van der Waals surface area contributed by atoms with Crippen molar-refractivity contribution in [1.82, 2.24) is 5.32 Å². The number of carbonyl (C=O) groups excluding carboxylic acids is 2. The van der Waals surface area contributed by atoms with Crippen molar-refractivity contribution in [3.05, 3.63) is 62.7 Å². The number of anilines is 1. The van der Waals surface area contributed by atoms with Crippen LogP contribution < -0.4 is 10.6 Å². The van der Waals surface area contributed by atoms with Crippen molar-refractivity contribution in [1.29, 1.82) is 0 Å². The second-order valence-corrected chi connectivity index (χ2v) is 6.56. The summed E-state index contributed by atoms with van der Waals surface area (Å²) >= 11 is 0. The molecule has 4 heteroatoms. The van der Waals surface area contributed by atoms with E-state index in [1.807, 2.05) is 20.8 Å². The number of hydrogen-bond donors (Lipinski definition) is 2. The number of benzene rings is 2. The Hall–Kier alpha value is -2.62. The van der Waals surface area contributed by atoms with Crippen LogP contribution in [0.4, 0.5) is 5.69 Å². The third-order valence-electron chi connectivity index (χ3n) is 5.21. The minimum Gasteiger partial charge on any atom is -0.355 e. The minimum absolute atomic E-state index is 0.197. The second-order valence-electron chi connectivity index (χ2n) is 6.56. The molecule has 0 saturated carbocycles. The van der Waals surface area contributed by atoms with E-state index in [0.717, 1.165) is 22.4 Å².